The fraction of sp³-hybridized carbons (Fsp3) is 0.235. The number of aliphatic hydroxyl groups is 1. The summed E-state index contributed by atoms with van der Waals surface area (Å²) in [4.78, 5) is 12.9. The zero-order chi connectivity index (χ0) is 16.8. The smallest absolute Gasteiger partial charge is 0.233 e. The van der Waals surface area contributed by atoms with E-state index in [0.717, 1.165) is 4.90 Å². The third-order valence-corrected chi connectivity index (χ3v) is 4.85. The molecular weight excluding hydrogens is 337 g/mol. The average molecular weight is 354 g/mol. The fourth-order valence-corrected chi connectivity index (χ4v) is 3.11. The average Bonchev–Trinajstić information content (AvgIpc) is 2.55. The molecule has 2 aromatic rings. The number of rotatable bonds is 6. The molecule has 0 bridgehead atoms. The summed E-state index contributed by atoms with van der Waals surface area (Å²) in [7, 11) is 0. The highest BCUT2D eigenvalue weighted by Gasteiger charge is 2.17. The molecule has 2 atom stereocenters. The first-order chi connectivity index (χ1) is 11.0. The fourth-order valence-electron chi connectivity index (χ4n) is 1.93. The van der Waals surface area contributed by atoms with Crippen molar-refractivity contribution in [2.75, 3.05) is 6.54 Å². The monoisotopic (exact) mass is 353 g/mol. The lowest BCUT2D eigenvalue weighted by Crippen LogP contribution is -2.34. The molecule has 0 saturated carbocycles. The van der Waals surface area contributed by atoms with Crippen LogP contribution in [0.1, 0.15) is 18.6 Å². The molecule has 0 fully saturated rings. The third-order valence-electron chi connectivity index (χ3n) is 3.23. The standard InChI is InChI=1S/C17H17ClFNO2S/c1-11(23-16-5-3-2-4-14(16)18)17(22)20-10-15(21)12-6-8-13(19)9-7-12/h2-9,11,15,21H,10H2,1H3,(H,20,22). The summed E-state index contributed by atoms with van der Waals surface area (Å²) in [6.07, 6.45) is -0.878. The molecule has 6 heteroatoms. The van der Waals surface area contributed by atoms with Crippen molar-refractivity contribution < 1.29 is 14.3 Å². The molecular formula is C17H17ClFNO2S. The maximum Gasteiger partial charge on any atom is 0.233 e. The molecule has 2 aromatic carbocycles. The van der Waals surface area contributed by atoms with E-state index in [1.54, 1.807) is 13.0 Å². The summed E-state index contributed by atoms with van der Waals surface area (Å²) < 4.78 is 12.8. The molecule has 122 valence electrons. The molecule has 2 rings (SSSR count). The van der Waals surface area contributed by atoms with E-state index in [1.165, 1.54) is 36.0 Å². The van der Waals surface area contributed by atoms with E-state index in [4.69, 9.17) is 11.6 Å². The summed E-state index contributed by atoms with van der Waals surface area (Å²) in [6, 6.07) is 12.8. The number of halogens is 2. The molecule has 0 aliphatic carbocycles. The summed E-state index contributed by atoms with van der Waals surface area (Å²) >= 11 is 7.42. The topological polar surface area (TPSA) is 49.3 Å². The second kappa shape index (κ2) is 8.34. The molecule has 1 amide bonds. The van der Waals surface area contributed by atoms with Gasteiger partial charge in [0.05, 0.1) is 16.4 Å². The third kappa shape index (κ3) is 5.23. The van der Waals surface area contributed by atoms with Crippen molar-refractivity contribution >= 4 is 29.3 Å². The second-order valence-corrected chi connectivity index (χ2v) is 6.79. The first-order valence-corrected chi connectivity index (χ1v) is 8.35. The maximum atomic E-state index is 12.8. The first kappa shape index (κ1) is 17.8. The number of nitrogens with one attached hydrogen (secondary N) is 1. The Labute approximate surface area is 143 Å². The van der Waals surface area contributed by atoms with Crippen molar-refractivity contribution in [3.63, 3.8) is 0 Å². The van der Waals surface area contributed by atoms with Gasteiger partial charge >= 0.3 is 0 Å². The molecule has 0 radical (unpaired) electrons. The van der Waals surface area contributed by atoms with Gasteiger partial charge < -0.3 is 10.4 Å². The minimum atomic E-state index is -0.878. The highest BCUT2D eigenvalue weighted by Crippen LogP contribution is 2.30. The van der Waals surface area contributed by atoms with E-state index in [-0.39, 0.29) is 23.5 Å². The largest absolute Gasteiger partial charge is 0.387 e. The van der Waals surface area contributed by atoms with E-state index in [9.17, 15) is 14.3 Å². The maximum absolute atomic E-state index is 12.8. The van der Waals surface area contributed by atoms with Gasteiger partial charge in [-0.05, 0) is 36.8 Å². The van der Waals surface area contributed by atoms with E-state index in [0.29, 0.717) is 10.6 Å². The minimum Gasteiger partial charge on any atom is -0.387 e. The summed E-state index contributed by atoms with van der Waals surface area (Å²) in [5, 5.41) is 12.9. The minimum absolute atomic E-state index is 0.0673. The number of carbonyl (C=O) groups excluding carboxylic acids is 1. The van der Waals surface area contributed by atoms with Crippen LogP contribution in [0.15, 0.2) is 53.4 Å². The Morgan fingerprint density at radius 1 is 1.26 bits per heavy atom. The lowest BCUT2D eigenvalue weighted by atomic mass is 10.1. The van der Waals surface area contributed by atoms with Crippen LogP contribution in [0.5, 0.6) is 0 Å². The van der Waals surface area contributed by atoms with Crippen molar-refractivity contribution in [1.29, 1.82) is 0 Å². The molecule has 0 spiro atoms. The van der Waals surface area contributed by atoms with Crippen molar-refractivity contribution in [1.82, 2.24) is 5.32 Å². The number of hydrogen-bond donors (Lipinski definition) is 2. The van der Waals surface area contributed by atoms with Gasteiger partial charge in [-0.2, -0.15) is 0 Å². The van der Waals surface area contributed by atoms with Gasteiger partial charge in [0, 0.05) is 11.4 Å². The van der Waals surface area contributed by atoms with Crippen LogP contribution < -0.4 is 5.32 Å². The van der Waals surface area contributed by atoms with Gasteiger partial charge in [-0.25, -0.2) is 4.39 Å². The van der Waals surface area contributed by atoms with Gasteiger partial charge in [-0.1, -0.05) is 35.9 Å². The Morgan fingerprint density at radius 3 is 2.57 bits per heavy atom. The molecule has 23 heavy (non-hydrogen) atoms. The number of amides is 1. The molecule has 2 N–H and O–H groups in total. The molecule has 2 unspecified atom stereocenters. The van der Waals surface area contributed by atoms with Gasteiger partial charge in [0.25, 0.3) is 0 Å². The van der Waals surface area contributed by atoms with E-state index < -0.39 is 6.10 Å². The lowest BCUT2D eigenvalue weighted by Gasteiger charge is -2.16. The quantitative estimate of drug-likeness (QED) is 0.776. The number of aliphatic hydroxyl groups excluding tert-OH is 1. The van der Waals surface area contributed by atoms with Gasteiger partial charge in [-0.15, -0.1) is 11.8 Å². The van der Waals surface area contributed by atoms with E-state index in [1.807, 2.05) is 18.2 Å². The van der Waals surface area contributed by atoms with Crippen LogP contribution >= 0.6 is 23.4 Å². The Bertz CT molecular complexity index is 666. The van der Waals surface area contributed by atoms with Crippen LogP contribution in [-0.4, -0.2) is 22.8 Å². The van der Waals surface area contributed by atoms with Crippen LogP contribution in [0.25, 0.3) is 0 Å². The van der Waals surface area contributed by atoms with Gasteiger partial charge in [0.2, 0.25) is 5.91 Å². The Hall–Kier alpha value is -1.56. The molecule has 0 aliphatic heterocycles. The molecule has 3 nitrogen and oxygen atoms in total. The number of hydrogen-bond acceptors (Lipinski definition) is 3. The summed E-state index contributed by atoms with van der Waals surface area (Å²) in [5.41, 5.74) is 0.554. The van der Waals surface area contributed by atoms with Crippen LogP contribution in [-0.2, 0) is 4.79 Å². The van der Waals surface area contributed by atoms with E-state index >= 15 is 0 Å². The first-order valence-electron chi connectivity index (χ1n) is 7.10. The van der Waals surface area contributed by atoms with Crippen LogP contribution in [0.2, 0.25) is 5.02 Å². The SMILES string of the molecule is CC(Sc1ccccc1Cl)C(=O)NCC(O)c1ccc(F)cc1. The molecule has 0 heterocycles. The van der Waals surface area contributed by atoms with E-state index in [2.05, 4.69) is 5.32 Å². The predicted octanol–water partition coefficient (Wildman–Crippen LogP) is 3.81. The van der Waals surface area contributed by atoms with Gasteiger partial charge in [0.1, 0.15) is 5.82 Å². The van der Waals surface area contributed by atoms with Crippen LogP contribution in [0.4, 0.5) is 4.39 Å². The number of carbonyl (C=O) groups is 1. The molecule has 0 aliphatic rings. The zero-order valence-corrected chi connectivity index (χ0v) is 14.1. The van der Waals surface area contributed by atoms with Crippen molar-refractivity contribution in [3.8, 4) is 0 Å². The van der Waals surface area contributed by atoms with Crippen LogP contribution in [0.3, 0.4) is 0 Å². The predicted molar refractivity (Wildman–Crippen MR) is 91.1 cm³/mol. The second-order valence-electron chi connectivity index (χ2n) is 5.00. The number of thioether (sulfide) groups is 1. The van der Waals surface area contributed by atoms with Crippen LogP contribution in [0, 0.1) is 5.82 Å². The normalized spacial score (nSPS) is 13.4. The Morgan fingerprint density at radius 2 is 1.91 bits per heavy atom. The summed E-state index contributed by atoms with van der Waals surface area (Å²) in [5.74, 6) is -0.564. The highest BCUT2D eigenvalue weighted by atomic mass is 35.5. The Balaban J connectivity index is 1.86. The lowest BCUT2D eigenvalue weighted by molar-refractivity contribution is -0.120. The van der Waals surface area contributed by atoms with Gasteiger partial charge in [0.15, 0.2) is 0 Å². The summed E-state index contributed by atoms with van der Waals surface area (Å²) in [6.45, 7) is 1.84. The number of benzene rings is 2. The van der Waals surface area contributed by atoms with Crippen molar-refractivity contribution in [2.45, 2.75) is 23.2 Å². The van der Waals surface area contributed by atoms with Crippen molar-refractivity contribution in [2.24, 2.45) is 0 Å². The Kier molecular flexibility index (Phi) is 6.45. The zero-order valence-electron chi connectivity index (χ0n) is 12.5. The highest BCUT2D eigenvalue weighted by molar-refractivity contribution is 8.00. The van der Waals surface area contributed by atoms with Crippen molar-refractivity contribution in [3.05, 3.63) is 64.9 Å². The molecule has 0 aromatic heterocycles. The van der Waals surface area contributed by atoms with Gasteiger partial charge in [-0.3, -0.25) is 4.79 Å². The molecule has 0 saturated heterocycles.